The summed E-state index contributed by atoms with van der Waals surface area (Å²) in [5, 5.41) is 7.43. The molecule has 6 nitrogen and oxygen atoms in total. The lowest BCUT2D eigenvalue weighted by molar-refractivity contribution is 0.0908. The van der Waals surface area contributed by atoms with Crippen LogP contribution in [-0.2, 0) is 13.5 Å². The van der Waals surface area contributed by atoms with Crippen LogP contribution in [0.15, 0.2) is 40.9 Å². The fourth-order valence-electron chi connectivity index (χ4n) is 2.90. The summed E-state index contributed by atoms with van der Waals surface area (Å²) in [6.45, 7) is 2.00. The lowest BCUT2D eigenvalue weighted by Gasteiger charge is -2.16. The number of nitrogens with one attached hydrogen (secondary N) is 1. The van der Waals surface area contributed by atoms with Crippen LogP contribution in [0.3, 0.4) is 0 Å². The smallest absolute Gasteiger partial charge is 0.287 e. The summed E-state index contributed by atoms with van der Waals surface area (Å²) in [7, 11) is 1.76. The summed E-state index contributed by atoms with van der Waals surface area (Å²) in [4.78, 5) is 12.6. The van der Waals surface area contributed by atoms with Crippen molar-refractivity contribution in [2.75, 3.05) is 6.54 Å². The molecule has 2 aromatic heterocycles. The first-order chi connectivity index (χ1) is 12.9. The molecule has 3 N–H and O–H groups in total. The molecule has 0 bridgehead atoms. The van der Waals surface area contributed by atoms with Crippen molar-refractivity contribution in [3.05, 3.63) is 64.5 Å². The third kappa shape index (κ3) is 4.20. The van der Waals surface area contributed by atoms with Gasteiger partial charge in [-0.1, -0.05) is 23.7 Å². The third-order valence-corrected chi connectivity index (χ3v) is 4.58. The van der Waals surface area contributed by atoms with Gasteiger partial charge in [-0.25, -0.2) is 4.39 Å². The molecule has 1 aromatic carbocycles. The second-order valence-electron chi connectivity index (χ2n) is 6.28. The van der Waals surface area contributed by atoms with E-state index in [0.29, 0.717) is 28.5 Å². The lowest BCUT2D eigenvalue weighted by atomic mass is 10.1. The summed E-state index contributed by atoms with van der Waals surface area (Å²) in [6, 6.07) is 7.43. The first-order valence-corrected chi connectivity index (χ1v) is 8.80. The minimum absolute atomic E-state index is 0.164. The molecule has 3 aromatic rings. The molecular weight excluding hydrogens is 371 g/mol. The van der Waals surface area contributed by atoms with Crippen molar-refractivity contribution < 1.29 is 13.6 Å². The van der Waals surface area contributed by atoms with Crippen LogP contribution >= 0.6 is 11.6 Å². The van der Waals surface area contributed by atoms with Gasteiger partial charge < -0.3 is 15.5 Å². The molecule has 1 atom stereocenters. The van der Waals surface area contributed by atoms with Gasteiger partial charge in [-0.05, 0) is 37.1 Å². The molecule has 2 heterocycles. The van der Waals surface area contributed by atoms with E-state index in [9.17, 15) is 9.18 Å². The Morgan fingerprint density at radius 2 is 2.11 bits per heavy atom. The largest absolute Gasteiger partial charge is 0.455 e. The van der Waals surface area contributed by atoms with E-state index in [2.05, 4.69) is 10.4 Å². The zero-order valence-electron chi connectivity index (χ0n) is 15.0. The van der Waals surface area contributed by atoms with E-state index in [0.717, 1.165) is 5.56 Å². The Morgan fingerprint density at radius 1 is 1.41 bits per heavy atom. The number of amides is 1. The maximum Gasteiger partial charge on any atom is 0.287 e. The molecule has 0 radical (unpaired) electrons. The van der Waals surface area contributed by atoms with E-state index in [1.807, 2.05) is 0 Å². The number of nitrogens with zero attached hydrogens (tertiary/aromatic N) is 2. The first kappa shape index (κ1) is 19.1. The van der Waals surface area contributed by atoms with Gasteiger partial charge in [-0.2, -0.15) is 5.10 Å². The Bertz CT molecular complexity index is 930. The molecule has 0 aliphatic carbocycles. The molecule has 0 aliphatic rings. The van der Waals surface area contributed by atoms with Gasteiger partial charge in [0.05, 0.1) is 16.9 Å². The van der Waals surface area contributed by atoms with Gasteiger partial charge >= 0.3 is 0 Å². The Hall–Kier alpha value is -2.64. The van der Waals surface area contributed by atoms with Gasteiger partial charge in [0.15, 0.2) is 5.76 Å². The van der Waals surface area contributed by atoms with E-state index >= 15 is 0 Å². The van der Waals surface area contributed by atoms with Gasteiger partial charge in [-0.3, -0.25) is 9.48 Å². The first-order valence-electron chi connectivity index (χ1n) is 8.42. The van der Waals surface area contributed by atoms with E-state index < -0.39 is 0 Å². The SMILES string of the molecule is Cc1oc(C(=O)NC(CN)Cc2ccc(F)cc2)cc1-c1c(Cl)cnn1C. The molecular formula is C19H20ClFN4O2. The zero-order chi connectivity index (χ0) is 19.6. The number of furan rings is 1. The molecule has 142 valence electrons. The molecule has 0 spiro atoms. The van der Waals surface area contributed by atoms with Crippen molar-refractivity contribution in [1.82, 2.24) is 15.1 Å². The topological polar surface area (TPSA) is 86.1 Å². The summed E-state index contributed by atoms with van der Waals surface area (Å²) in [5.74, 6) is 0.0468. The van der Waals surface area contributed by atoms with E-state index in [-0.39, 0.29) is 30.1 Å². The maximum atomic E-state index is 13.0. The highest BCUT2D eigenvalue weighted by atomic mass is 35.5. The Morgan fingerprint density at radius 3 is 2.70 bits per heavy atom. The third-order valence-electron chi connectivity index (χ3n) is 4.31. The quantitative estimate of drug-likeness (QED) is 0.677. The van der Waals surface area contributed by atoms with Crippen molar-refractivity contribution in [3.8, 4) is 11.3 Å². The number of halogens is 2. The number of nitrogens with two attached hydrogens (primary N) is 1. The highest BCUT2D eigenvalue weighted by Crippen LogP contribution is 2.31. The standard InChI is InChI=1S/C19H20ClFN4O2/c1-11-15(18-16(20)10-23-25(18)2)8-17(27-11)19(26)24-14(9-22)7-12-3-5-13(21)6-4-12/h3-6,8,10,14H,7,9,22H2,1-2H3,(H,24,26). The second kappa shape index (κ2) is 7.94. The molecule has 3 rings (SSSR count). The van der Waals surface area contributed by atoms with Gasteiger partial charge in [0, 0.05) is 25.2 Å². The van der Waals surface area contributed by atoms with Crippen LogP contribution in [0.1, 0.15) is 21.9 Å². The summed E-state index contributed by atoms with van der Waals surface area (Å²) >= 11 is 6.18. The Balaban J connectivity index is 1.75. The van der Waals surface area contributed by atoms with E-state index in [4.69, 9.17) is 21.8 Å². The molecule has 27 heavy (non-hydrogen) atoms. The molecule has 0 aliphatic heterocycles. The molecule has 0 saturated heterocycles. The molecule has 0 fully saturated rings. The fraction of sp³-hybridized carbons (Fsp3) is 0.263. The monoisotopic (exact) mass is 390 g/mol. The Kier molecular flexibility index (Phi) is 5.62. The van der Waals surface area contributed by atoms with Crippen LogP contribution in [-0.4, -0.2) is 28.3 Å². The number of benzene rings is 1. The highest BCUT2D eigenvalue weighted by molar-refractivity contribution is 6.33. The molecule has 0 saturated carbocycles. The zero-order valence-corrected chi connectivity index (χ0v) is 15.8. The number of aryl methyl sites for hydroxylation is 2. The van der Waals surface area contributed by atoms with Crippen molar-refractivity contribution in [3.63, 3.8) is 0 Å². The van der Waals surface area contributed by atoms with Gasteiger partial charge in [0.1, 0.15) is 11.6 Å². The number of carbonyl (C=O) groups is 1. The fourth-order valence-corrected chi connectivity index (χ4v) is 3.17. The maximum absolute atomic E-state index is 13.0. The average Bonchev–Trinajstić information content (AvgIpc) is 3.18. The van der Waals surface area contributed by atoms with Gasteiger partial charge in [0.2, 0.25) is 0 Å². The number of hydrogen-bond acceptors (Lipinski definition) is 4. The van der Waals surface area contributed by atoms with Crippen molar-refractivity contribution >= 4 is 17.5 Å². The second-order valence-corrected chi connectivity index (χ2v) is 6.69. The number of carbonyl (C=O) groups excluding carboxylic acids is 1. The number of hydrogen-bond donors (Lipinski definition) is 2. The van der Waals surface area contributed by atoms with Crippen LogP contribution in [0.25, 0.3) is 11.3 Å². The van der Waals surface area contributed by atoms with Crippen molar-refractivity contribution in [1.29, 1.82) is 0 Å². The predicted molar refractivity (Wildman–Crippen MR) is 101 cm³/mol. The molecule has 8 heteroatoms. The lowest BCUT2D eigenvalue weighted by Crippen LogP contribution is -2.41. The van der Waals surface area contributed by atoms with Crippen LogP contribution < -0.4 is 11.1 Å². The summed E-state index contributed by atoms with van der Waals surface area (Å²) < 4.78 is 20.3. The summed E-state index contributed by atoms with van der Waals surface area (Å²) in [6.07, 6.45) is 2.03. The number of aromatic nitrogens is 2. The molecule has 1 unspecified atom stereocenters. The van der Waals surface area contributed by atoms with Crippen LogP contribution in [0.2, 0.25) is 5.02 Å². The van der Waals surface area contributed by atoms with Crippen molar-refractivity contribution in [2.45, 2.75) is 19.4 Å². The minimum Gasteiger partial charge on any atom is -0.455 e. The normalized spacial score (nSPS) is 12.2. The Labute approximate surface area is 161 Å². The van der Waals surface area contributed by atoms with Gasteiger partial charge in [-0.15, -0.1) is 0 Å². The van der Waals surface area contributed by atoms with Crippen LogP contribution in [0.5, 0.6) is 0 Å². The van der Waals surface area contributed by atoms with E-state index in [1.54, 1.807) is 36.9 Å². The minimum atomic E-state index is -0.375. The molecule has 1 amide bonds. The summed E-state index contributed by atoms with van der Waals surface area (Å²) in [5.41, 5.74) is 8.04. The number of rotatable bonds is 6. The van der Waals surface area contributed by atoms with E-state index in [1.165, 1.54) is 18.3 Å². The van der Waals surface area contributed by atoms with Gasteiger partial charge in [0.25, 0.3) is 5.91 Å². The average molecular weight is 391 g/mol. The highest BCUT2D eigenvalue weighted by Gasteiger charge is 2.21. The van der Waals surface area contributed by atoms with Crippen LogP contribution in [0, 0.1) is 12.7 Å². The van der Waals surface area contributed by atoms with Crippen LogP contribution in [0.4, 0.5) is 4.39 Å². The van der Waals surface area contributed by atoms with Crippen molar-refractivity contribution in [2.24, 2.45) is 12.8 Å². The predicted octanol–water partition coefficient (Wildman–Crippen LogP) is 3.08.